The molecule has 0 atom stereocenters. The topological polar surface area (TPSA) is 70.7 Å². The minimum Gasteiger partial charge on any atom is -0.351 e. The van der Waals surface area contributed by atoms with Gasteiger partial charge in [0, 0.05) is 35.3 Å². The number of hydrogen-bond acceptors (Lipinski definition) is 3. The molecule has 0 aliphatic heterocycles. The molecule has 2 aromatic heterocycles. The van der Waals surface area contributed by atoms with Crippen molar-refractivity contribution in [2.24, 2.45) is 0 Å². The van der Waals surface area contributed by atoms with E-state index < -0.39 is 0 Å². The van der Waals surface area contributed by atoms with Crippen LogP contribution in [-0.4, -0.2) is 27.6 Å². The SMILES string of the molecule is O=C(NCC1(c2ccncc2)CC1)c1ccc2n[nH]c(I)c2c1. The van der Waals surface area contributed by atoms with E-state index in [9.17, 15) is 4.79 Å². The van der Waals surface area contributed by atoms with Crippen molar-refractivity contribution in [3.8, 4) is 0 Å². The maximum atomic E-state index is 12.5. The quantitative estimate of drug-likeness (QED) is 0.640. The Labute approximate surface area is 147 Å². The van der Waals surface area contributed by atoms with Crippen molar-refractivity contribution in [1.29, 1.82) is 0 Å². The van der Waals surface area contributed by atoms with E-state index in [0.717, 1.165) is 27.4 Å². The highest BCUT2D eigenvalue weighted by Crippen LogP contribution is 2.47. The van der Waals surface area contributed by atoms with Gasteiger partial charge in [0.2, 0.25) is 0 Å². The Bertz CT molecular complexity index is 871. The Hall–Kier alpha value is -1.96. The van der Waals surface area contributed by atoms with Gasteiger partial charge in [0.15, 0.2) is 0 Å². The summed E-state index contributed by atoms with van der Waals surface area (Å²) in [6, 6.07) is 9.67. The van der Waals surface area contributed by atoms with Crippen molar-refractivity contribution in [3.63, 3.8) is 0 Å². The first-order valence-electron chi connectivity index (χ1n) is 7.50. The first-order valence-corrected chi connectivity index (χ1v) is 8.58. The number of aromatic amines is 1. The molecule has 0 saturated heterocycles. The fraction of sp³-hybridized carbons (Fsp3) is 0.235. The molecule has 5 nitrogen and oxygen atoms in total. The second-order valence-corrected chi connectivity index (χ2v) is 7.05. The number of hydrogen-bond donors (Lipinski definition) is 2. The van der Waals surface area contributed by atoms with Gasteiger partial charge in [-0.25, -0.2) is 0 Å². The van der Waals surface area contributed by atoms with Crippen molar-refractivity contribution < 1.29 is 4.79 Å². The molecule has 23 heavy (non-hydrogen) atoms. The first-order chi connectivity index (χ1) is 11.2. The molecule has 6 heteroatoms. The molecule has 4 rings (SSSR count). The number of carbonyl (C=O) groups excluding carboxylic acids is 1. The molecule has 2 N–H and O–H groups in total. The lowest BCUT2D eigenvalue weighted by Crippen LogP contribution is -2.32. The maximum absolute atomic E-state index is 12.5. The van der Waals surface area contributed by atoms with Gasteiger partial charge in [-0.1, -0.05) is 0 Å². The number of nitrogens with one attached hydrogen (secondary N) is 2. The van der Waals surface area contributed by atoms with Crippen LogP contribution in [0.5, 0.6) is 0 Å². The number of benzene rings is 1. The molecule has 116 valence electrons. The summed E-state index contributed by atoms with van der Waals surface area (Å²) in [4.78, 5) is 16.5. The van der Waals surface area contributed by atoms with Gasteiger partial charge in [-0.05, 0) is 71.3 Å². The second kappa shape index (κ2) is 5.59. The van der Waals surface area contributed by atoms with Crippen LogP contribution in [0.25, 0.3) is 10.9 Å². The van der Waals surface area contributed by atoms with Gasteiger partial charge in [-0.2, -0.15) is 5.10 Å². The third-order valence-corrected chi connectivity index (χ3v) is 5.33. The Balaban J connectivity index is 1.50. The number of pyridine rings is 1. The molecular formula is C17H15IN4O. The Morgan fingerprint density at radius 1 is 1.26 bits per heavy atom. The Morgan fingerprint density at radius 2 is 2.04 bits per heavy atom. The monoisotopic (exact) mass is 418 g/mol. The van der Waals surface area contributed by atoms with E-state index >= 15 is 0 Å². The fourth-order valence-electron chi connectivity index (χ4n) is 2.90. The van der Waals surface area contributed by atoms with Gasteiger partial charge >= 0.3 is 0 Å². The normalized spacial score (nSPS) is 15.5. The minimum atomic E-state index is -0.0377. The number of H-pyrrole nitrogens is 1. The number of amides is 1. The standard InChI is InChI=1S/C17H15IN4O/c18-15-13-9-11(1-2-14(13)21-22-15)16(23)20-10-17(5-6-17)12-3-7-19-8-4-12/h1-4,7-9H,5-6,10H2,(H,20,23)(H,21,22). The van der Waals surface area contributed by atoms with E-state index in [2.05, 4.69) is 43.1 Å². The lowest BCUT2D eigenvalue weighted by Gasteiger charge is -2.16. The highest BCUT2D eigenvalue weighted by Gasteiger charge is 2.44. The van der Waals surface area contributed by atoms with Gasteiger partial charge in [-0.3, -0.25) is 14.9 Å². The molecule has 1 saturated carbocycles. The zero-order chi connectivity index (χ0) is 15.9. The number of rotatable bonds is 4. The van der Waals surface area contributed by atoms with Crippen molar-refractivity contribution >= 4 is 39.4 Å². The van der Waals surface area contributed by atoms with Crippen molar-refractivity contribution in [1.82, 2.24) is 20.5 Å². The Morgan fingerprint density at radius 3 is 2.78 bits per heavy atom. The van der Waals surface area contributed by atoms with Crippen molar-refractivity contribution in [2.45, 2.75) is 18.3 Å². The average molecular weight is 418 g/mol. The summed E-state index contributed by atoms with van der Waals surface area (Å²) in [5, 5.41) is 11.2. The lowest BCUT2D eigenvalue weighted by molar-refractivity contribution is 0.0950. The van der Waals surface area contributed by atoms with Crippen LogP contribution in [0.3, 0.4) is 0 Å². The van der Waals surface area contributed by atoms with Crippen molar-refractivity contribution in [3.05, 3.63) is 57.6 Å². The molecule has 2 heterocycles. The molecular weight excluding hydrogens is 403 g/mol. The van der Waals surface area contributed by atoms with Crippen LogP contribution >= 0.6 is 22.6 Å². The molecule has 1 aliphatic carbocycles. The predicted octanol–water partition coefficient (Wildman–Crippen LogP) is 3.02. The van der Waals surface area contributed by atoms with Gasteiger partial charge in [0.05, 0.1) is 5.52 Å². The molecule has 1 fully saturated rings. The number of aromatic nitrogens is 3. The molecule has 1 aliphatic rings. The summed E-state index contributed by atoms with van der Waals surface area (Å²) in [5.74, 6) is -0.0377. The van der Waals surface area contributed by atoms with E-state index in [1.807, 2.05) is 42.7 Å². The van der Waals surface area contributed by atoms with Gasteiger partial charge < -0.3 is 5.32 Å². The van der Waals surface area contributed by atoms with Gasteiger partial charge in [0.25, 0.3) is 5.91 Å². The summed E-state index contributed by atoms with van der Waals surface area (Å²) in [7, 11) is 0. The van der Waals surface area contributed by atoms with Crippen LogP contribution in [0.4, 0.5) is 0 Å². The van der Waals surface area contributed by atoms with Crippen LogP contribution in [0.15, 0.2) is 42.7 Å². The summed E-state index contributed by atoms with van der Waals surface area (Å²) >= 11 is 2.19. The third-order valence-electron chi connectivity index (χ3n) is 4.50. The third kappa shape index (κ3) is 2.71. The number of carbonyl (C=O) groups is 1. The molecule has 3 aromatic rings. The summed E-state index contributed by atoms with van der Waals surface area (Å²) in [6.07, 6.45) is 5.84. The van der Waals surface area contributed by atoms with Gasteiger partial charge in [0.1, 0.15) is 3.70 Å². The Kier molecular flexibility index (Phi) is 3.56. The average Bonchev–Trinajstić information content (AvgIpc) is 3.31. The highest BCUT2D eigenvalue weighted by atomic mass is 127. The zero-order valence-electron chi connectivity index (χ0n) is 12.3. The van der Waals surface area contributed by atoms with Gasteiger partial charge in [-0.15, -0.1) is 0 Å². The van der Waals surface area contributed by atoms with Crippen LogP contribution in [0, 0.1) is 3.70 Å². The van der Waals surface area contributed by atoms with E-state index in [-0.39, 0.29) is 11.3 Å². The number of nitrogens with zero attached hydrogens (tertiary/aromatic N) is 2. The largest absolute Gasteiger partial charge is 0.351 e. The predicted molar refractivity (Wildman–Crippen MR) is 96.3 cm³/mol. The smallest absolute Gasteiger partial charge is 0.251 e. The van der Waals surface area contributed by atoms with E-state index in [1.165, 1.54) is 5.56 Å². The van der Waals surface area contributed by atoms with Crippen LogP contribution in [0.2, 0.25) is 0 Å². The molecule has 0 bridgehead atoms. The van der Waals surface area contributed by atoms with E-state index in [0.29, 0.717) is 12.1 Å². The van der Waals surface area contributed by atoms with E-state index in [1.54, 1.807) is 0 Å². The maximum Gasteiger partial charge on any atom is 0.251 e. The molecule has 1 amide bonds. The molecule has 0 radical (unpaired) electrons. The first kappa shape index (κ1) is 14.6. The van der Waals surface area contributed by atoms with Crippen molar-refractivity contribution in [2.75, 3.05) is 6.54 Å². The number of fused-ring (bicyclic) bond motifs is 1. The second-order valence-electron chi connectivity index (χ2n) is 5.97. The molecule has 0 spiro atoms. The molecule has 0 unspecified atom stereocenters. The lowest BCUT2D eigenvalue weighted by atomic mass is 9.97. The minimum absolute atomic E-state index is 0.0377. The highest BCUT2D eigenvalue weighted by molar-refractivity contribution is 14.1. The molecule has 1 aromatic carbocycles. The fourth-order valence-corrected chi connectivity index (χ4v) is 3.45. The van der Waals surface area contributed by atoms with Crippen LogP contribution in [0.1, 0.15) is 28.8 Å². The van der Waals surface area contributed by atoms with Crippen LogP contribution in [-0.2, 0) is 5.41 Å². The van der Waals surface area contributed by atoms with E-state index in [4.69, 9.17) is 0 Å². The zero-order valence-corrected chi connectivity index (χ0v) is 14.5. The summed E-state index contributed by atoms with van der Waals surface area (Å²) in [5.41, 5.74) is 2.89. The number of halogens is 1. The summed E-state index contributed by atoms with van der Waals surface area (Å²) < 4.78 is 0.947. The van der Waals surface area contributed by atoms with Crippen LogP contribution < -0.4 is 5.32 Å². The summed E-state index contributed by atoms with van der Waals surface area (Å²) in [6.45, 7) is 0.663.